The van der Waals surface area contributed by atoms with Gasteiger partial charge in [0.2, 0.25) is 11.1 Å². The highest BCUT2D eigenvalue weighted by Crippen LogP contribution is 2.17. The van der Waals surface area contributed by atoms with E-state index in [4.69, 9.17) is 5.84 Å². The van der Waals surface area contributed by atoms with Gasteiger partial charge in [0.05, 0.1) is 11.4 Å². The molecule has 0 saturated carbocycles. The summed E-state index contributed by atoms with van der Waals surface area (Å²) in [6, 6.07) is 6.00. The molecule has 0 unspecified atom stereocenters. The van der Waals surface area contributed by atoms with Crippen LogP contribution < -0.4 is 11.2 Å². The van der Waals surface area contributed by atoms with Crippen LogP contribution in [-0.2, 0) is 11.2 Å². The molecule has 3 N–H and O–H groups in total. The Morgan fingerprint density at radius 3 is 2.92 bits per heavy atom. The number of nitrogens with two attached hydrogens (primary N) is 1. The zero-order valence-electron chi connectivity index (χ0n) is 14.0. The molecule has 0 atom stereocenters. The highest BCUT2D eigenvalue weighted by molar-refractivity contribution is 7.99. The molecule has 0 spiro atoms. The van der Waals surface area contributed by atoms with E-state index in [9.17, 15) is 4.79 Å². The topological polar surface area (TPSA) is 104 Å². The number of nitrogen functional groups attached to an aromatic ring is 1. The third-order valence-electron chi connectivity index (χ3n) is 3.45. The predicted octanol–water partition coefficient (Wildman–Crippen LogP) is 1.31. The Morgan fingerprint density at radius 1 is 1.40 bits per heavy atom. The highest BCUT2D eigenvalue weighted by Gasteiger charge is 2.15. The Labute approximate surface area is 153 Å². The van der Waals surface area contributed by atoms with Gasteiger partial charge in [-0.15, -0.1) is 21.5 Å². The van der Waals surface area contributed by atoms with Crippen molar-refractivity contribution in [2.45, 2.75) is 25.4 Å². The number of hydrogen-bond donors (Lipinski definition) is 2. The third kappa shape index (κ3) is 4.20. The lowest BCUT2D eigenvalue weighted by molar-refractivity contribution is -0.118. The van der Waals surface area contributed by atoms with Gasteiger partial charge in [-0.1, -0.05) is 17.8 Å². The van der Waals surface area contributed by atoms with E-state index in [1.807, 2.05) is 31.4 Å². The molecule has 0 aliphatic rings. The van der Waals surface area contributed by atoms with Crippen LogP contribution in [0.3, 0.4) is 0 Å². The molecule has 0 aromatic carbocycles. The molecule has 0 aliphatic heterocycles. The number of rotatable bonds is 7. The van der Waals surface area contributed by atoms with Crippen molar-refractivity contribution in [1.29, 1.82) is 0 Å². The summed E-state index contributed by atoms with van der Waals surface area (Å²) in [5.74, 6) is 6.64. The molecule has 0 aliphatic carbocycles. The van der Waals surface area contributed by atoms with Crippen LogP contribution >= 0.6 is 23.1 Å². The molecular formula is C15H19N7OS2. The van der Waals surface area contributed by atoms with E-state index in [1.165, 1.54) is 21.3 Å². The van der Waals surface area contributed by atoms with Gasteiger partial charge in [-0.3, -0.25) is 4.79 Å². The molecule has 0 fully saturated rings. The van der Waals surface area contributed by atoms with E-state index in [0.717, 1.165) is 17.8 Å². The smallest absolute Gasteiger partial charge is 0.271 e. The number of aryl methyl sites for hydroxylation is 2. The molecule has 3 aromatic rings. The van der Waals surface area contributed by atoms with Gasteiger partial charge in [-0.25, -0.2) is 9.36 Å². The lowest BCUT2D eigenvalue weighted by Gasteiger charge is -2.05. The number of thioether (sulfide) groups is 1. The van der Waals surface area contributed by atoms with Gasteiger partial charge in [-0.05, 0) is 37.8 Å². The number of nitrogens with one attached hydrogen (secondary N) is 1. The molecule has 25 heavy (non-hydrogen) atoms. The first-order chi connectivity index (χ1) is 12.0. The standard InChI is InChI=1S/C15H19N7OS2/c1-10-8-11(2)22(20-10)14-18-19-15(21(14)16)25-9-13(23)17-6-5-12-4-3-7-24-12/h3-4,7-8H,5-6,9,16H2,1-2H3,(H,17,23). The van der Waals surface area contributed by atoms with Crippen molar-refractivity contribution in [2.24, 2.45) is 0 Å². The summed E-state index contributed by atoms with van der Waals surface area (Å²) in [5.41, 5.74) is 1.79. The van der Waals surface area contributed by atoms with Crippen LogP contribution in [0.5, 0.6) is 0 Å². The summed E-state index contributed by atoms with van der Waals surface area (Å²) in [6.45, 7) is 4.44. The Morgan fingerprint density at radius 2 is 2.24 bits per heavy atom. The molecule has 3 aromatic heterocycles. The number of nitrogens with zero attached hydrogens (tertiary/aromatic N) is 5. The van der Waals surface area contributed by atoms with Crippen LogP contribution in [0, 0.1) is 13.8 Å². The lowest BCUT2D eigenvalue weighted by atomic mass is 10.3. The molecular weight excluding hydrogens is 358 g/mol. The average molecular weight is 377 g/mol. The first-order valence-electron chi connectivity index (χ1n) is 7.70. The minimum atomic E-state index is -0.0581. The van der Waals surface area contributed by atoms with Gasteiger partial charge in [0.15, 0.2) is 0 Å². The first-order valence-corrected chi connectivity index (χ1v) is 9.57. The lowest BCUT2D eigenvalue weighted by Crippen LogP contribution is -2.27. The molecule has 3 heterocycles. The van der Waals surface area contributed by atoms with E-state index in [-0.39, 0.29) is 11.7 Å². The summed E-state index contributed by atoms with van der Waals surface area (Å²) in [5, 5.41) is 17.8. The monoisotopic (exact) mass is 377 g/mol. The fourth-order valence-corrected chi connectivity index (χ4v) is 3.70. The molecule has 132 valence electrons. The van der Waals surface area contributed by atoms with Crippen molar-refractivity contribution in [3.8, 4) is 5.95 Å². The van der Waals surface area contributed by atoms with Crippen molar-refractivity contribution in [1.82, 2.24) is 30.0 Å². The average Bonchev–Trinajstić information content (AvgIpc) is 3.27. The maximum Gasteiger partial charge on any atom is 0.271 e. The molecule has 3 rings (SSSR count). The van der Waals surface area contributed by atoms with E-state index >= 15 is 0 Å². The Hall–Kier alpha value is -2.33. The van der Waals surface area contributed by atoms with Gasteiger partial charge in [0.25, 0.3) is 5.95 Å². The Bertz CT molecular complexity index is 853. The van der Waals surface area contributed by atoms with E-state index in [0.29, 0.717) is 17.6 Å². The molecule has 1 amide bonds. The van der Waals surface area contributed by atoms with E-state index in [1.54, 1.807) is 16.0 Å². The quantitative estimate of drug-likeness (QED) is 0.475. The second-order valence-corrected chi connectivity index (χ2v) is 7.43. The second kappa shape index (κ2) is 7.70. The maximum atomic E-state index is 11.9. The number of hydrogen-bond acceptors (Lipinski definition) is 7. The van der Waals surface area contributed by atoms with Crippen molar-refractivity contribution in [3.05, 3.63) is 39.8 Å². The Balaban J connectivity index is 1.53. The van der Waals surface area contributed by atoms with Crippen LogP contribution in [0.25, 0.3) is 5.95 Å². The fourth-order valence-electron chi connectivity index (χ4n) is 2.30. The van der Waals surface area contributed by atoms with Gasteiger partial charge in [0.1, 0.15) is 0 Å². The number of aromatic nitrogens is 5. The van der Waals surface area contributed by atoms with Crippen LogP contribution in [-0.4, -0.2) is 42.9 Å². The zero-order valence-corrected chi connectivity index (χ0v) is 15.6. The van der Waals surface area contributed by atoms with Crippen LogP contribution in [0.2, 0.25) is 0 Å². The Kier molecular flexibility index (Phi) is 5.39. The van der Waals surface area contributed by atoms with Crippen molar-refractivity contribution >= 4 is 29.0 Å². The van der Waals surface area contributed by atoms with Gasteiger partial charge >= 0.3 is 0 Å². The van der Waals surface area contributed by atoms with Crippen molar-refractivity contribution in [2.75, 3.05) is 18.1 Å². The number of thiophene rings is 1. The van der Waals surface area contributed by atoms with Crippen LogP contribution in [0.4, 0.5) is 0 Å². The fraction of sp³-hybridized carbons (Fsp3) is 0.333. The molecule has 10 heteroatoms. The summed E-state index contributed by atoms with van der Waals surface area (Å²) < 4.78 is 2.98. The maximum absolute atomic E-state index is 11.9. The van der Waals surface area contributed by atoms with Gasteiger partial charge < -0.3 is 11.2 Å². The van der Waals surface area contributed by atoms with Gasteiger partial charge in [0, 0.05) is 17.1 Å². The third-order valence-corrected chi connectivity index (χ3v) is 5.33. The first kappa shape index (κ1) is 17.5. The number of amides is 1. The summed E-state index contributed by atoms with van der Waals surface area (Å²) >= 11 is 2.93. The van der Waals surface area contributed by atoms with E-state index in [2.05, 4.69) is 26.7 Å². The SMILES string of the molecule is Cc1cc(C)n(-c2nnc(SCC(=O)NCCc3cccs3)n2N)n1. The largest absolute Gasteiger partial charge is 0.355 e. The van der Waals surface area contributed by atoms with Crippen LogP contribution in [0.1, 0.15) is 16.3 Å². The van der Waals surface area contributed by atoms with Crippen molar-refractivity contribution < 1.29 is 4.79 Å². The summed E-state index contributed by atoms with van der Waals surface area (Å²) in [6.07, 6.45) is 0.837. The van der Waals surface area contributed by atoms with Crippen molar-refractivity contribution in [3.63, 3.8) is 0 Å². The summed E-state index contributed by atoms with van der Waals surface area (Å²) in [4.78, 5) is 13.2. The molecule has 8 nitrogen and oxygen atoms in total. The highest BCUT2D eigenvalue weighted by atomic mass is 32.2. The zero-order chi connectivity index (χ0) is 17.8. The normalized spacial score (nSPS) is 11.0. The van der Waals surface area contributed by atoms with Crippen LogP contribution in [0.15, 0.2) is 28.7 Å². The molecule has 0 radical (unpaired) electrons. The summed E-state index contributed by atoms with van der Waals surface area (Å²) in [7, 11) is 0. The van der Waals surface area contributed by atoms with Gasteiger partial charge in [-0.2, -0.15) is 5.10 Å². The molecule has 0 bridgehead atoms. The predicted molar refractivity (Wildman–Crippen MR) is 98.5 cm³/mol. The minimum absolute atomic E-state index is 0.0581. The minimum Gasteiger partial charge on any atom is -0.355 e. The van der Waals surface area contributed by atoms with E-state index < -0.39 is 0 Å². The second-order valence-electron chi connectivity index (χ2n) is 5.46. The number of carbonyl (C=O) groups is 1. The molecule has 0 saturated heterocycles. The number of carbonyl (C=O) groups excluding carboxylic acids is 1.